The molecule has 0 saturated heterocycles. The molecule has 0 aromatic heterocycles. The highest BCUT2D eigenvalue weighted by Crippen LogP contribution is 2.30. The molecular formula is C18H17F3N2O4. The Morgan fingerprint density at radius 1 is 1.15 bits per heavy atom. The van der Waals surface area contributed by atoms with Gasteiger partial charge in [-0.05, 0) is 35.9 Å². The van der Waals surface area contributed by atoms with Crippen molar-refractivity contribution in [2.75, 3.05) is 12.4 Å². The molecular weight excluding hydrogens is 365 g/mol. The fourth-order valence-electron chi connectivity index (χ4n) is 2.30. The molecule has 0 fully saturated rings. The number of benzene rings is 2. The molecule has 27 heavy (non-hydrogen) atoms. The molecule has 2 rings (SSSR count). The number of phenols is 1. The number of aromatic hydroxyl groups is 1. The molecule has 9 heteroatoms. The van der Waals surface area contributed by atoms with E-state index in [0.29, 0.717) is 5.56 Å². The molecule has 2 aromatic rings. The van der Waals surface area contributed by atoms with Crippen molar-refractivity contribution in [3.8, 4) is 5.75 Å². The van der Waals surface area contributed by atoms with E-state index in [9.17, 15) is 27.9 Å². The molecule has 0 aliphatic carbocycles. The van der Waals surface area contributed by atoms with Crippen LogP contribution >= 0.6 is 0 Å². The second kappa shape index (κ2) is 8.43. The Hall–Kier alpha value is -3.23. The Bertz CT molecular complexity index is 807. The average Bonchev–Trinajstić information content (AvgIpc) is 2.61. The second-order valence-corrected chi connectivity index (χ2v) is 5.62. The van der Waals surface area contributed by atoms with Crippen molar-refractivity contribution in [3.63, 3.8) is 0 Å². The van der Waals surface area contributed by atoms with Crippen LogP contribution in [0.2, 0.25) is 0 Å². The van der Waals surface area contributed by atoms with Gasteiger partial charge in [0.05, 0.1) is 12.7 Å². The number of halogens is 3. The zero-order valence-electron chi connectivity index (χ0n) is 14.2. The summed E-state index contributed by atoms with van der Waals surface area (Å²) in [6, 6.07) is 8.18. The SMILES string of the molecule is COC(=O)[C@@H](Cc1ccc(O)cc1)NC(=O)Nc1cccc(C(F)(F)F)c1. The lowest BCUT2D eigenvalue weighted by Gasteiger charge is -2.17. The van der Waals surface area contributed by atoms with Gasteiger partial charge in [0.1, 0.15) is 11.8 Å². The number of anilines is 1. The van der Waals surface area contributed by atoms with E-state index in [4.69, 9.17) is 0 Å². The summed E-state index contributed by atoms with van der Waals surface area (Å²) in [6.07, 6.45) is -4.47. The highest BCUT2D eigenvalue weighted by molar-refractivity contribution is 5.92. The van der Waals surface area contributed by atoms with E-state index in [1.54, 1.807) is 12.1 Å². The first-order valence-corrected chi connectivity index (χ1v) is 7.79. The summed E-state index contributed by atoms with van der Waals surface area (Å²) in [5.41, 5.74) is -0.341. The van der Waals surface area contributed by atoms with Gasteiger partial charge in [0.25, 0.3) is 0 Å². The predicted octanol–water partition coefficient (Wildman–Crippen LogP) is 3.32. The van der Waals surface area contributed by atoms with Crippen molar-refractivity contribution in [2.45, 2.75) is 18.6 Å². The van der Waals surface area contributed by atoms with Crippen molar-refractivity contribution in [3.05, 3.63) is 59.7 Å². The number of esters is 1. The van der Waals surface area contributed by atoms with Gasteiger partial charge >= 0.3 is 18.2 Å². The maximum atomic E-state index is 12.7. The number of carbonyl (C=O) groups excluding carboxylic acids is 2. The molecule has 3 N–H and O–H groups in total. The standard InChI is InChI=1S/C18H17F3N2O4/c1-27-16(25)15(9-11-5-7-14(24)8-6-11)23-17(26)22-13-4-2-3-12(10-13)18(19,20)21/h2-8,10,15,24H,9H2,1H3,(H2,22,23,26)/t15-/m1/s1. The molecule has 0 unspecified atom stereocenters. The first kappa shape index (κ1) is 20.1. The first-order valence-electron chi connectivity index (χ1n) is 7.79. The summed E-state index contributed by atoms with van der Waals surface area (Å²) >= 11 is 0. The monoisotopic (exact) mass is 382 g/mol. The lowest BCUT2D eigenvalue weighted by atomic mass is 10.1. The molecule has 1 atom stereocenters. The van der Waals surface area contributed by atoms with Crippen LogP contribution in [0, 0.1) is 0 Å². The quantitative estimate of drug-likeness (QED) is 0.693. The van der Waals surface area contributed by atoms with Crippen molar-refractivity contribution < 1.29 is 32.6 Å². The fourth-order valence-corrected chi connectivity index (χ4v) is 2.30. The van der Waals surface area contributed by atoms with Gasteiger partial charge in [0, 0.05) is 12.1 Å². The van der Waals surface area contributed by atoms with Gasteiger partial charge in [-0.3, -0.25) is 0 Å². The van der Waals surface area contributed by atoms with Crippen LogP contribution < -0.4 is 10.6 Å². The van der Waals surface area contributed by atoms with Crippen molar-refractivity contribution in [1.82, 2.24) is 5.32 Å². The van der Waals surface area contributed by atoms with Crippen LogP contribution in [0.15, 0.2) is 48.5 Å². The number of alkyl halides is 3. The molecule has 2 aromatic carbocycles. The molecule has 6 nitrogen and oxygen atoms in total. The van der Waals surface area contributed by atoms with Crippen molar-refractivity contribution in [2.24, 2.45) is 0 Å². The van der Waals surface area contributed by atoms with Crippen LogP contribution in [0.1, 0.15) is 11.1 Å². The van der Waals surface area contributed by atoms with Crippen LogP contribution in [0.5, 0.6) is 5.75 Å². The number of hydrogen-bond donors (Lipinski definition) is 3. The van der Waals surface area contributed by atoms with E-state index in [1.165, 1.54) is 18.2 Å². The van der Waals surface area contributed by atoms with Crippen LogP contribution in [0.25, 0.3) is 0 Å². The van der Waals surface area contributed by atoms with E-state index in [0.717, 1.165) is 25.3 Å². The average molecular weight is 382 g/mol. The van der Waals surface area contributed by atoms with Gasteiger partial charge in [-0.2, -0.15) is 13.2 Å². The van der Waals surface area contributed by atoms with Crippen molar-refractivity contribution in [1.29, 1.82) is 0 Å². The number of rotatable bonds is 5. The van der Waals surface area contributed by atoms with Gasteiger partial charge in [-0.25, -0.2) is 9.59 Å². The lowest BCUT2D eigenvalue weighted by molar-refractivity contribution is -0.142. The number of carbonyl (C=O) groups is 2. The number of nitrogens with one attached hydrogen (secondary N) is 2. The Balaban J connectivity index is 2.07. The van der Waals surface area contributed by atoms with Gasteiger partial charge in [0.2, 0.25) is 0 Å². The molecule has 0 spiro atoms. The number of amides is 2. The Morgan fingerprint density at radius 3 is 2.41 bits per heavy atom. The van der Waals surface area contributed by atoms with Crippen LogP contribution in [-0.2, 0) is 22.1 Å². The van der Waals surface area contributed by atoms with Crippen LogP contribution in [-0.4, -0.2) is 30.3 Å². The van der Waals surface area contributed by atoms with Gasteiger partial charge < -0.3 is 20.5 Å². The number of hydrogen-bond acceptors (Lipinski definition) is 4. The van der Waals surface area contributed by atoms with E-state index in [1.807, 2.05) is 0 Å². The summed E-state index contributed by atoms with van der Waals surface area (Å²) < 4.78 is 42.8. The summed E-state index contributed by atoms with van der Waals surface area (Å²) in [4.78, 5) is 24.0. The van der Waals surface area contributed by atoms with Gasteiger partial charge in [0.15, 0.2) is 0 Å². The fraction of sp³-hybridized carbons (Fsp3) is 0.222. The summed E-state index contributed by atoms with van der Waals surface area (Å²) in [7, 11) is 1.15. The van der Waals surface area contributed by atoms with Crippen molar-refractivity contribution >= 4 is 17.7 Å². The Labute approximate surface area is 153 Å². The zero-order valence-corrected chi connectivity index (χ0v) is 14.2. The molecule has 0 bridgehead atoms. The number of urea groups is 1. The largest absolute Gasteiger partial charge is 0.508 e. The smallest absolute Gasteiger partial charge is 0.416 e. The normalized spacial score (nSPS) is 12.1. The third-order valence-corrected chi connectivity index (χ3v) is 3.61. The maximum absolute atomic E-state index is 12.7. The molecule has 0 heterocycles. The number of ether oxygens (including phenoxy) is 1. The minimum absolute atomic E-state index is 0.0450. The Morgan fingerprint density at radius 2 is 1.81 bits per heavy atom. The number of phenolic OH excluding ortho intramolecular Hbond substituents is 1. The zero-order chi connectivity index (χ0) is 20.0. The first-order chi connectivity index (χ1) is 12.7. The molecule has 2 amide bonds. The second-order valence-electron chi connectivity index (χ2n) is 5.62. The van der Waals surface area contributed by atoms with Crippen LogP contribution in [0.4, 0.5) is 23.7 Å². The summed E-state index contributed by atoms with van der Waals surface area (Å²) in [5, 5.41) is 13.9. The highest BCUT2D eigenvalue weighted by atomic mass is 19.4. The summed E-state index contributed by atoms with van der Waals surface area (Å²) in [6.45, 7) is 0. The third kappa shape index (κ3) is 5.91. The van der Waals surface area contributed by atoms with E-state index >= 15 is 0 Å². The summed E-state index contributed by atoms with van der Waals surface area (Å²) in [5.74, 6) is -0.675. The Kier molecular flexibility index (Phi) is 6.27. The molecule has 0 saturated carbocycles. The maximum Gasteiger partial charge on any atom is 0.416 e. The van der Waals surface area contributed by atoms with E-state index in [-0.39, 0.29) is 17.9 Å². The molecule has 144 valence electrons. The topological polar surface area (TPSA) is 87.7 Å². The molecule has 0 radical (unpaired) electrons. The lowest BCUT2D eigenvalue weighted by Crippen LogP contribution is -2.45. The number of methoxy groups -OCH3 is 1. The molecule has 0 aliphatic rings. The van der Waals surface area contributed by atoms with Crippen LogP contribution in [0.3, 0.4) is 0 Å². The third-order valence-electron chi connectivity index (χ3n) is 3.61. The van der Waals surface area contributed by atoms with E-state index < -0.39 is 29.8 Å². The minimum Gasteiger partial charge on any atom is -0.508 e. The van der Waals surface area contributed by atoms with E-state index in [2.05, 4.69) is 15.4 Å². The predicted molar refractivity (Wildman–Crippen MR) is 91.2 cm³/mol. The minimum atomic E-state index is -4.54. The van der Waals surface area contributed by atoms with Gasteiger partial charge in [-0.15, -0.1) is 0 Å². The highest BCUT2D eigenvalue weighted by Gasteiger charge is 2.30. The molecule has 0 aliphatic heterocycles. The van der Waals surface area contributed by atoms with Gasteiger partial charge in [-0.1, -0.05) is 18.2 Å².